The molecule has 1 amide bonds. The van der Waals surface area contributed by atoms with E-state index >= 15 is 0 Å². The lowest BCUT2D eigenvalue weighted by molar-refractivity contribution is -0.153. The van der Waals surface area contributed by atoms with Gasteiger partial charge in [-0.05, 0) is 30.5 Å². The van der Waals surface area contributed by atoms with E-state index in [2.05, 4.69) is 5.32 Å². The molecular formula is C16H20ClNO3. The van der Waals surface area contributed by atoms with Gasteiger partial charge in [-0.1, -0.05) is 43.0 Å². The minimum atomic E-state index is -0.283. The maximum absolute atomic E-state index is 11.8. The lowest BCUT2D eigenvalue weighted by atomic mass is 9.89. The molecule has 0 unspecified atom stereocenters. The molecule has 1 aliphatic rings. The molecule has 0 saturated heterocycles. The lowest BCUT2D eigenvalue weighted by Gasteiger charge is -2.19. The normalized spacial score (nSPS) is 15.5. The monoisotopic (exact) mass is 309 g/mol. The van der Waals surface area contributed by atoms with Crippen molar-refractivity contribution in [1.29, 1.82) is 0 Å². The topological polar surface area (TPSA) is 55.4 Å². The van der Waals surface area contributed by atoms with Crippen LogP contribution in [0.5, 0.6) is 0 Å². The summed E-state index contributed by atoms with van der Waals surface area (Å²) in [4.78, 5) is 23.5. The number of halogens is 1. The van der Waals surface area contributed by atoms with Gasteiger partial charge in [-0.2, -0.15) is 0 Å². The van der Waals surface area contributed by atoms with E-state index < -0.39 is 0 Å². The Balaban J connectivity index is 1.67. The first-order valence-corrected chi connectivity index (χ1v) is 7.71. The summed E-state index contributed by atoms with van der Waals surface area (Å²) in [7, 11) is 0. The number of ether oxygens (including phenoxy) is 1. The van der Waals surface area contributed by atoms with E-state index in [0.717, 1.165) is 31.2 Å². The van der Waals surface area contributed by atoms with Crippen LogP contribution in [0.3, 0.4) is 0 Å². The standard InChI is InChI=1S/C16H20ClNO3/c17-14-8-6-12(7-9-14)10-18-15(19)11-21-16(20)13-4-2-1-3-5-13/h6-9,13H,1-5,10-11H2,(H,18,19). The van der Waals surface area contributed by atoms with Gasteiger partial charge in [-0.15, -0.1) is 0 Å². The molecular weight excluding hydrogens is 290 g/mol. The fraction of sp³-hybridized carbons (Fsp3) is 0.500. The van der Waals surface area contributed by atoms with E-state index in [1.54, 1.807) is 12.1 Å². The van der Waals surface area contributed by atoms with Crippen molar-refractivity contribution in [3.05, 3.63) is 34.9 Å². The summed E-state index contributed by atoms with van der Waals surface area (Å²) >= 11 is 5.79. The van der Waals surface area contributed by atoms with Gasteiger partial charge in [0, 0.05) is 11.6 Å². The van der Waals surface area contributed by atoms with Gasteiger partial charge < -0.3 is 10.1 Å². The molecule has 0 aliphatic heterocycles. The van der Waals surface area contributed by atoms with Crippen molar-refractivity contribution in [2.45, 2.75) is 38.6 Å². The summed E-state index contributed by atoms with van der Waals surface area (Å²) < 4.78 is 5.08. The zero-order valence-electron chi connectivity index (χ0n) is 11.9. The van der Waals surface area contributed by atoms with Crippen LogP contribution in [0.4, 0.5) is 0 Å². The van der Waals surface area contributed by atoms with Crippen LogP contribution in [0.25, 0.3) is 0 Å². The van der Waals surface area contributed by atoms with E-state index in [1.807, 2.05) is 12.1 Å². The Kier molecular flexibility index (Phi) is 6.05. The molecule has 1 aromatic rings. The number of esters is 1. The molecule has 2 rings (SSSR count). The summed E-state index contributed by atoms with van der Waals surface area (Å²) in [6, 6.07) is 7.23. The zero-order chi connectivity index (χ0) is 15.1. The highest BCUT2D eigenvalue weighted by Gasteiger charge is 2.22. The lowest BCUT2D eigenvalue weighted by Crippen LogP contribution is -2.30. The quantitative estimate of drug-likeness (QED) is 0.850. The Morgan fingerprint density at radius 1 is 1.14 bits per heavy atom. The molecule has 4 nitrogen and oxygen atoms in total. The molecule has 1 saturated carbocycles. The van der Waals surface area contributed by atoms with Crippen LogP contribution >= 0.6 is 11.6 Å². The Bertz CT molecular complexity index is 481. The molecule has 1 fully saturated rings. The fourth-order valence-electron chi connectivity index (χ4n) is 2.45. The van der Waals surface area contributed by atoms with Gasteiger partial charge in [0.05, 0.1) is 5.92 Å². The van der Waals surface area contributed by atoms with Gasteiger partial charge in [-0.25, -0.2) is 0 Å². The fourth-order valence-corrected chi connectivity index (χ4v) is 2.57. The molecule has 1 N–H and O–H groups in total. The Hall–Kier alpha value is -1.55. The van der Waals surface area contributed by atoms with Crippen LogP contribution in [-0.2, 0) is 20.9 Å². The minimum Gasteiger partial charge on any atom is -0.455 e. The van der Waals surface area contributed by atoms with Crippen LogP contribution in [-0.4, -0.2) is 18.5 Å². The van der Waals surface area contributed by atoms with E-state index in [0.29, 0.717) is 11.6 Å². The number of carbonyl (C=O) groups is 2. The van der Waals surface area contributed by atoms with Crippen molar-refractivity contribution < 1.29 is 14.3 Å². The van der Waals surface area contributed by atoms with Gasteiger partial charge in [0.2, 0.25) is 0 Å². The zero-order valence-corrected chi connectivity index (χ0v) is 12.7. The van der Waals surface area contributed by atoms with Crippen LogP contribution in [0.15, 0.2) is 24.3 Å². The van der Waals surface area contributed by atoms with Crippen LogP contribution < -0.4 is 5.32 Å². The highest BCUT2D eigenvalue weighted by molar-refractivity contribution is 6.30. The van der Waals surface area contributed by atoms with Crippen molar-refractivity contribution in [1.82, 2.24) is 5.32 Å². The predicted molar refractivity (Wildman–Crippen MR) is 80.8 cm³/mol. The Morgan fingerprint density at radius 3 is 2.48 bits per heavy atom. The smallest absolute Gasteiger partial charge is 0.309 e. The van der Waals surface area contributed by atoms with E-state index in [9.17, 15) is 9.59 Å². The number of nitrogens with one attached hydrogen (secondary N) is 1. The molecule has 0 heterocycles. The molecule has 0 spiro atoms. The van der Waals surface area contributed by atoms with Gasteiger partial charge in [-0.3, -0.25) is 9.59 Å². The highest BCUT2D eigenvalue weighted by Crippen LogP contribution is 2.24. The summed E-state index contributed by atoms with van der Waals surface area (Å²) in [5.41, 5.74) is 0.950. The predicted octanol–water partition coefficient (Wildman–Crippen LogP) is 3.08. The van der Waals surface area contributed by atoms with Crippen molar-refractivity contribution in [3.8, 4) is 0 Å². The average Bonchev–Trinajstić information content (AvgIpc) is 2.53. The molecule has 0 radical (unpaired) electrons. The van der Waals surface area contributed by atoms with Gasteiger partial charge in [0.1, 0.15) is 0 Å². The summed E-state index contributed by atoms with van der Waals surface area (Å²) in [5.74, 6) is -0.548. The third-order valence-electron chi connectivity index (χ3n) is 3.69. The molecule has 21 heavy (non-hydrogen) atoms. The SMILES string of the molecule is O=C(COC(=O)C1CCCCC1)NCc1ccc(Cl)cc1. The van der Waals surface area contributed by atoms with Crippen molar-refractivity contribution in [3.63, 3.8) is 0 Å². The van der Waals surface area contributed by atoms with Crippen LogP contribution in [0.2, 0.25) is 5.02 Å². The minimum absolute atomic E-state index is 0.0252. The summed E-state index contributed by atoms with van der Waals surface area (Å²) in [6.07, 6.45) is 5.09. The van der Waals surface area contributed by atoms with Gasteiger partial charge >= 0.3 is 5.97 Å². The number of carbonyl (C=O) groups excluding carboxylic acids is 2. The third kappa shape index (κ3) is 5.38. The number of amides is 1. The van der Waals surface area contributed by atoms with Crippen molar-refractivity contribution in [2.75, 3.05) is 6.61 Å². The second-order valence-electron chi connectivity index (χ2n) is 5.35. The van der Waals surface area contributed by atoms with Crippen LogP contribution in [0, 0.1) is 5.92 Å². The van der Waals surface area contributed by atoms with E-state index in [4.69, 9.17) is 16.3 Å². The molecule has 1 aliphatic carbocycles. The van der Waals surface area contributed by atoms with Gasteiger partial charge in [0.15, 0.2) is 6.61 Å². The largest absolute Gasteiger partial charge is 0.455 e. The summed E-state index contributed by atoms with van der Waals surface area (Å²) in [5, 5.41) is 3.38. The maximum atomic E-state index is 11.8. The molecule has 0 aromatic heterocycles. The second-order valence-corrected chi connectivity index (χ2v) is 5.78. The Labute approximate surface area is 129 Å². The number of hydrogen-bond donors (Lipinski definition) is 1. The molecule has 0 atom stereocenters. The van der Waals surface area contributed by atoms with Crippen LogP contribution in [0.1, 0.15) is 37.7 Å². The van der Waals surface area contributed by atoms with E-state index in [-0.39, 0.29) is 24.4 Å². The van der Waals surface area contributed by atoms with Crippen molar-refractivity contribution in [2.24, 2.45) is 5.92 Å². The third-order valence-corrected chi connectivity index (χ3v) is 3.94. The average molecular weight is 310 g/mol. The molecule has 114 valence electrons. The summed E-state index contributed by atoms with van der Waals surface area (Å²) in [6.45, 7) is 0.194. The molecule has 1 aromatic carbocycles. The first-order chi connectivity index (χ1) is 10.1. The Morgan fingerprint density at radius 2 is 1.81 bits per heavy atom. The number of rotatable bonds is 5. The van der Waals surface area contributed by atoms with Crippen molar-refractivity contribution >= 4 is 23.5 Å². The second kappa shape index (κ2) is 8.03. The highest BCUT2D eigenvalue weighted by atomic mass is 35.5. The number of hydrogen-bond acceptors (Lipinski definition) is 3. The molecule has 0 bridgehead atoms. The van der Waals surface area contributed by atoms with E-state index in [1.165, 1.54) is 6.42 Å². The molecule has 5 heteroatoms. The first kappa shape index (κ1) is 15.8. The maximum Gasteiger partial charge on any atom is 0.309 e. The first-order valence-electron chi connectivity index (χ1n) is 7.33. The number of benzene rings is 1. The van der Waals surface area contributed by atoms with Gasteiger partial charge in [0.25, 0.3) is 5.91 Å².